The zero-order valence-electron chi connectivity index (χ0n) is 15.7. The lowest BCUT2D eigenvalue weighted by Gasteiger charge is -2.09. The van der Waals surface area contributed by atoms with Crippen LogP contribution in [0.2, 0.25) is 0 Å². The van der Waals surface area contributed by atoms with Crippen LogP contribution in [0, 0.1) is 0 Å². The molecule has 0 fully saturated rings. The molecule has 0 saturated heterocycles. The second kappa shape index (κ2) is 8.30. The van der Waals surface area contributed by atoms with E-state index >= 15 is 0 Å². The van der Waals surface area contributed by atoms with Crippen molar-refractivity contribution >= 4 is 33.4 Å². The number of ether oxygens (including phenoxy) is 2. The van der Waals surface area contributed by atoms with Gasteiger partial charge in [-0.1, -0.05) is 24.3 Å². The summed E-state index contributed by atoms with van der Waals surface area (Å²) in [5.41, 5.74) is 1.75. The van der Waals surface area contributed by atoms with Gasteiger partial charge in [-0.3, -0.25) is 9.52 Å². The predicted molar refractivity (Wildman–Crippen MR) is 114 cm³/mol. The number of fused-ring (bicyclic) bond motifs is 1. The molecule has 1 heterocycles. The van der Waals surface area contributed by atoms with Gasteiger partial charge in [0.1, 0.15) is 0 Å². The second-order valence-corrected chi connectivity index (χ2v) is 8.11. The Bertz CT molecular complexity index is 1190. The Morgan fingerprint density at radius 1 is 0.867 bits per heavy atom. The standard InChI is InChI=1S/C22H18N2O5S/c25-22(13-7-16-6-12-20-21(14-16)29-15-28-20)23-17-8-10-19(11-9-17)30(26,27)24-18-4-2-1-3-5-18/h1-14,24H,15H2,(H,23,25)/b13-7+. The van der Waals surface area contributed by atoms with E-state index in [0.717, 1.165) is 5.56 Å². The van der Waals surface area contributed by atoms with E-state index in [2.05, 4.69) is 10.0 Å². The van der Waals surface area contributed by atoms with Gasteiger partial charge in [-0.15, -0.1) is 0 Å². The van der Waals surface area contributed by atoms with E-state index in [1.54, 1.807) is 48.5 Å². The molecular weight excluding hydrogens is 404 g/mol. The minimum atomic E-state index is -3.71. The average molecular weight is 422 g/mol. The lowest BCUT2D eigenvalue weighted by atomic mass is 10.2. The number of hydrogen-bond donors (Lipinski definition) is 2. The van der Waals surface area contributed by atoms with Gasteiger partial charge in [-0.25, -0.2) is 8.42 Å². The summed E-state index contributed by atoms with van der Waals surface area (Å²) >= 11 is 0. The minimum absolute atomic E-state index is 0.0975. The van der Waals surface area contributed by atoms with Gasteiger partial charge >= 0.3 is 0 Å². The van der Waals surface area contributed by atoms with Gasteiger partial charge in [0.15, 0.2) is 11.5 Å². The summed E-state index contributed by atoms with van der Waals surface area (Å²) in [6.45, 7) is 0.190. The summed E-state index contributed by atoms with van der Waals surface area (Å²) in [4.78, 5) is 12.3. The van der Waals surface area contributed by atoms with Crippen LogP contribution in [-0.2, 0) is 14.8 Å². The monoisotopic (exact) mass is 422 g/mol. The molecule has 1 aliphatic rings. The van der Waals surface area contributed by atoms with Crippen molar-refractivity contribution in [1.29, 1.82) is 0 Å². The number of sulfonamides is 1. The first-order chi connectivity index (χ1) is 14.5. The van der Waals surface area contributed by atoms with Crippen molar-refractivity contribution in [3.63, 3.8) is 0 Å². The van der Waals surface area contributed by atoms with E-state index in [1.165, 1.54) is 30.3 Å². The number of nitrogens with one attached hydrogen (secondary N) is 2. The number of carbonyl (C=O) groups is 1. The molecule has 4 rings (SSSR count). The highest BCUT2D eigenvalue weighted by Crippen LogP contribution is 2.32. The maximum absolute atomic E-state index is 12.4. The summed E-state index contributed by atoms with van der Waals surface area (Å²) in [6.07, 6.45) is 3.04. The van der Waals surface area contributed by atoms with E-state index in [9.17, 15) is 13.2 Å². The SMILES string of the molecule is O=C(/C=C/c1ccc2c(c1)OCO2)Nc1ccc(S(=O)(=O)Nc2ccccc2)cc1. The summed E-state index contributed by atoms with van der Waals surface area (Å²) in [7, 11) is -3.71. The maximum Gasteiger partial charge on any atom is 0.261 e. The quantitative estimate of drug-likeness (QED) is 0.588. The van der Waals surface area contributed by atoms with Gasteiger partial charge < -0.3 is 14.8 Å². The predicted octanol–water partition coefficient (Wildman–Crippen LogP) is 3.87. The van der Waals surface area contributed by atoms with Crippen molar-refractivity contribution < 1.29 is 22.7 Å². The van der Waals surface area contributed by atoms with Gasteiger partial charge in [0.25, 0.3) is 10.0 Å². The van der Waals surface area contributed by atoms with Crippen LogP contribution in [0.5, 0.6) is 11.5 Å². The van der Waals surface area contributed by atoms with Gasteiger partial charge in [-0.05, 0) is 60.2 Å². The zero-order chi connectivity index (χ0) is 21.0. The van der Waals surface area contributed by atoms with Crippen LogP contribution >= 0.6 is 0 Å². The first kappa shape index (κ1) is 19.5. The third-order valence-electron chi connectivity index (χ3n) is 4.28. The molecule has 152 valence electrons. The summed E-state index contributed by atoms with van der Waals surface area (Å²) in [6, 6.07) is 19.9. The highest BCUT2D eigenvalue weighted by Gasteiger charge is 2.14. The van der Waals surface area contributed by atoms with E-state index < -0.39 is 10.0 Å². The number of para-hydroxylation sites is 1. The van der Waals surface area contributed by atoms with Crippen LogP contribution in [0.15, 0.2) is 83.8 Å². The number of hydrogen-bond acceptors (Lipinski definition) is 5. The van der Waals surface area contributed by atoms with E-state index in [0.29, 0.717) is 22.9 Å². The van der Waals surface area contributed by atoms with Crippen molar-refractivity contribution in [1.82, 2.24) is 0 Å². The lowest BCUT2D eigenvalue weighted by molar-refractivity contribution is -0.111. The fourth-order valence-electron chi connectivity index (χ4n) is 2.81. The lowest BCUT2D eigenvalue weighted by Crippen LogP contribution is -2.13. The molecule has 3 aromatic carbocycles. The van der Waals surface area contributed by atoms with Gasteiger partial charge in [-0.2, -0.15) is 0 Å². The molecule has 8 heteroatoms. The number of anilines is 2. The van der Waals surface area contributed by atoms with Crippen molar-refractivity contribution in [2.75, 3.05) is 16.8 Å². The Balaban J connectivity index is 1.39. The molecule has 1 amide bonds. The van der Waals surface area contributed by atoms with E-state index in [-0.39, 0.29) is 17.6 Å². The molecule has 3 aromatic rings. The maximum atomic E-state index is 12.4. The molecule has 0 unspecified atom stereocenters. The largest absolute Gasteiger partial charge is 0.454 e. The van der Waals surface area contributed by atoms with Crippen LogP contribution in [-0.4, -0.2) is 21.1 Å². The molecule has 0 saturated carbocycles. The van der Waals surface area contributed by atoms with Crippen molar-refractivity contribution in [2.24, 2.45) is 0 Å². The number of amides is 1. The molecule has 0 aliphatic carbocycles. The highest BCUT2D eigenvalue weighted by atomic mass is 32.2. The third-order valence-corrected chi connectivity index (χ3v) is 5.68. The van der Waals surface area contributed by atoms with Crippen molar-refractivity contribution in [3.8, 4) is 11.5 Å². The average Bonchev–Trinajstić information content (AvgIpc) is 3.21. The Morgan fingerprint density at radius 2 is 1.60 bits per heavy atom. The molecule has 0 spiro atoms. The highest BCUT2D eigenvalue weighted by molar-refractivity contribution is 7.92. The van der Waals surface area contributed by atoms with Crippen LogP contribution in [0.1, 0.15) is 5.56 Å². The van der Waals surface area contributed by atoms with Gasteiger partial charge in [0.05, 0.1) is 4.90 Å². The van der Waals surface area contributed by atoms with Crippen LogP contribution in [0.4, 0.5) is 11.4 Å². The molecule has 2 N–H and O–H groups in total. The molecular formula is C22H18N2O5S. The molecule has 0 atom stereocenters. The molecule has 7 nitrogen and oxygen atoms in total. The number of carbonyl (C=O) groups excluding carboxylic acids is 1. The fourth-order valence-corrected chi connectivity index (χ4v) is 3.87. The van der Waals surface area contributed by atoms with Crippen molar-refractivity contribution in [2.45, 2.75) is 4.90 Å². The Morgan fingerprint density at radius 3 is 2.37 bits per heavy atom. The molecule has 0 radical (unpaired) electrons. The molecule has 1 aliphatic heterocycles. The topological polar surface area (TPSA) is 93.7 Å². The summed E-state index contributed by atoms with van der Waals surface area (Å²) in [5, 5.41) is 2.70. The first-order valence-corrected chi connectivity index (χ1v) is 10.5. The van der Waals surface area contributed by atoms with Crippen molar-refractivity contribution in [3.05, 3.63) is 84.4 Å². The van der Waals surface area contributed by atoms with Gasteiger partial charge in [0.2, 0.25) is 12.7 Å². The second-order valence-electron chi connectivity index (χ2n) is 6.43. The van der Waals surface area contributed by atoms with Crippen LogP contribution < -0.4 is 19.5 Å². The van der Waals surface area contributed by atoms with Crippen LogP contribution in [0.25, 0.3) is 6.08 Å². The Labute approximate surface area is 174 Å². The normalized spacial score (nSPS) is 12.7. The Kier molecular flexibility index (Phi) is 5.40. The first-order valence-electron chi connectivity index (χ1n) is 9.06. The van der Waals surface area contributed by atoms with E-state index in [4.69, 9.17) is 9.47 Å². The summed E-state index contributed by atoms with van der Waals surface area (Å²) in [5.74, 6) is 0.970. The number of rotatable bonds is 6. The summed E-state index contributed by atoms with van der Waals surface area (Å²) < 4.78 is 38.0. The molecule has 30 heavy (non-hydrogen) atoms. The fraction of sp³-hybridized carbons (Fsp3) is 0.0455. The van der Waals surface area contributed by atoms with Gasteiger partial charge in [0, 0.05) is 17.5 Å². The molecule has 0 aromatic heterocycles. The zero-order valence-corrected chi connectivity index (χ0v) is 16.6. The number of benzene rings is 3. The smallest absolute Gasteiger partial charge is 0.261 e. The van der Waals surface area contributed by atoms with Crippen LogP contribution in [0.3, 0.4) is 0 Å². The Hall–Kier alpha value is -3.78. The third kappa shape index (κ3) is 4.61. The minimum Gasteiger partial charge on any atom is -0.454 e. The molecule has 0 bridgehead atoms. The van der Waals surface area contributed by atoms with E-state index in [1.807, 2.05) is 6.07 Å².